The predicted octanol–water partition coefficient (Wildman–Crippen LogP) is 4.40. The van der Waals surface area contributed by atoms with Crippen molar-refractivity contribution in [1.82, 2.24) is 4.98 Å². The van der Waals surface area contributed by atoms with E-state index in [0.717, 1.165) is 5.56 Å². The van der Waals surface area contributed by atoms with E-state index in [4.69, 9.17) is 22.2 Å². The molecule has 2 rings (SSSR count). The molecule has 24 heavy (non-hydrogen) atoms. The molecule has 1 aromatic carbocycles. The molecule has 8 heteroatoms. The van der Waals surface area contributed by atoms with Crippen LogP contribution in [0, 0.1) is 0 Å². The van der Waals surface area contributed by atoms with E-state index in [2.05, 4.69) is 4.98 Å². The van der Waals surface area contributed by atoms with Crippen LogP contribution >= 0.6 is 11.6 Å². The van der Waals surface area contributed by atoms with Crippen molar-refractivity contribution in [2.45, 2.75) is 25.4 Å². The second-order valence-electron chi connectivity index (χ2n) is 5.85. The van der Waals surface area contributed by atoms with Gasteiger partial charge >= 0.3 is 6.18 Å². The Hall–Kier alpha value is -1.99. The van der Waals surface area contributed by atoms with Gasteiger partial charge in [0.1, 0.15) is 11.3 Å². The van der Waals surface area contributed by atoms with Crippen molar-refractivity contribution in [3.05, 3.63) is 52.7 Å². The molecule has 2 aromatic rings. The smallest absolute Gasteiger partial charge is 0.423 e. The summed E-state index contributed by atoms with van der Waals surface area (Å²) in [4.78, 5) is 3.59. The van der Waals surface area contributed by atoms with Gasteiger partial charge in [0, 0.05) is 16.6 Å². The number of benzene rings is 1. The van der Waals surface area contributed by atoms with Crippen LogP contribution in [0.2, 0.25) is 5.02 Å². The lowest BCUT2D eigenvalue weighted by atomic mass is 9.85. The largest absolute Gasteiger partial charge is 0.492 e. The molecule has 1 heterocycles. The molecule has 0 aliphatic carbocycles. The summed E-state index contributed by atoms with van der Waals surface area (Å²) in [6.45, 7) is 3.77. The van der Waals surface area contributed by atoms with E-state index in [1.807, 2.05) is 31.4 Å². The second kappa shape index (κ2) is 6.86. The van der Waals surface area contributed by atoms with Gasteiger partial charge in [-0.05, 0) is 23.8 Å². The van der Waals surface area contributed by atoms with E-state index in [1.54, 1.807) is 12.1 Å². The van der Waals surface area contributed by atoms with Gasteiger partial charge in [0.2, 0.25) is 0 Å². The standard InChI is InChI=1S/C16H17ClF3N3O/c1-15(2,10-3-5-11(17)6-4-10)9-24-12-7-8-22-14(23-21)13(12)16(18,19)20/h3-8H,9,21H2,1-2H3,(H,22,23). The van der Waals surface area contributed by atoms with Crippen molar-refractivity contribution < 1.29 is 17.9 Å². The predicted molar refractivity (Wildman–Crippen MR) is 87.0 cm³/mol. The second-order valence-corrected chi connectivity index (χ2v) is 6.29. The number of hydrogen-bond acceptors (Lipinski definition) is 4. The molecule has 3 N–H and O–H groups in total. The Labute approximate surface area is 142 Å². The minimum Gasteiger partial charge on any atom is -0.492 e. The zero-order chi connectivity index (χ0) is 18.0. The van der Waals surface area contributed by atoms with E-state index in [-0.39, 0.29) is 12.4 Å². The average molecular weight is 360 g/mol. The molecule has 0 unspecified atom stereocenters. The average Bonchev–Trinajstić information content (AvgIpc) is 2.52. The Morgan fingerprint density at radius 1 is 1.17 bits per heavy atom. The summed E-state index contributed by atoms with van der Waals surface area (Å²) < 4.78 is 45.2. The first kappa shape index (κ1) is 18.4. The molecule has 1 aromatic heterocycles. The molecule has 0 radical (unpaired) electrons. The molecular formula is C16H17ClF3N3O. The summed E-state index contributed by atoms with van der Waals surface area (Å²) in [5.41, 5.74) is 1.30. The number of ether oxygens (including phenoxy) is 1. The molecule has 0 amide bonds. The molecule has 0 aliphatic rings. The third kappa shape index (κ3) is 4.10. The van der Waals surface area contributed by atoms with Crippen LogP contribution in [0.15, 0.2) is 36.5 Å². The number of nitrogens with two attached hydrogens (primary N) is 1. The molecule has 0 bridgehead atoms. The van der Waals surface area contributed by atoms with Crippen molar-refractivity contribution in [2.24, 2.45) is 5.84 Å². The van der Waals surface area contributed by atoms with Gasteiger partial charge in [-0.15, -0.1) is 0 Å². The van der Waals surface area contributed by atoms with Gasteiger partial charge in [-0.1, -0.05) is 37.6 Å². The van der Waals surface area contributed by atoms with Crippen molar-refractivity contribution in [3.63, 3.8) is 0 Å². The van der Waals surface area contributed by atoms with Crippen LogP contribution in [0.4, 0.5) is 19.0 Å². The summed E-state index contributed by atoms with van der Waals surface area (Å²) in [7, 11) is 0. The zero-order valence-corrected chi connectivity index (χ0v) is 13.9. The van der Waals surface area contributed by atoms with Crippen LogP contribution in [-0.2, 0) is 11.6 Å². The van der Waals surface area contributed by atoms with Crippen LogP contribution in [0.3, 0.4) is 0 Å². The summed E-state index contributed by atoms with van der Waals surface area (Å²) in [5.74, 6) is 4.31. The monoisotopic (exact) mass is 359 g/mol. The number of rotatable bonds is 5. The molecule has 0 fully saturated rings. The van der Waals surface area contributed by atoms with Gasteiger partial charge in [-0.2, -0.15) is 13.2 Å². The Morgan fingerprint density at radius 2 is 1.79 bits per heavy atom. The molecule has 0 atom stereocenters. The summed E-state index contributed by atoms with van der Waals surface area (Å²) in [5, 5.41) is 0.586. The maximum atomic E-state index is 13.3. The van der Waals surface area contributed by atoms with Crippen LogP contribution in [0.5, 0.6) is 5.75 Å². The van der Waals surface area contributed by atoms with E-state index >= 15 is 0 Å². The van der Waals surface area contributed by atoms with Gasteiger partial charge in [0.15, 0.2) is 5.82 Å². The highest BCUT2D eigenvalue weighted by molar-refractivity contribution is 6.30. The maximum Gasteiger partial charge on any atom is 0.423 e. The summed E-state index contributed by atoms with van der Waals surface area (Å²) in [6, 6.07) is 8.25. The number of nitrogen functional groups attached to an aromatic ring is 1. The molecule has 0 saturated carbocycles. The number of anilines is 1. The highest BCUT2D eigenvalue weighted by atomic mass is 35.5. The first-order valence-electron chi connectivity index (χ1n) is 7.07. The van der Waals surface area contributed by atoms with Gasteiger partial charge in [-0.25, -0.2) is 10.8 Å². The Bertz CT molecular complexity index is 703. The number of hydrogen-bond donors (Lipinski definition) is 2. The fourth-order valence-corrected chi connectivity index (χ4v) is 2.32. The SMILES string of the molecule is CC(C)(COc1ccnc(NN)c1C(F)(F)F)c1ccc(Cl)cc1. The van der Waals surface area contributed by atoms with Crippen molar-refractivity contribution in [1.29, 1.82) is 0 Å². The Morgan fingerprint density at radius 3 is 2.33 bits per heavy atom. The number of nitrogens with one attached hydrogen (secondary N) is 1. The minimum atomic E-state index is -4.64. The lowest BCUT2D eigenvalue weighted by Gasteiger charge is -2.26. The van der Waals surface area contributed by atoms with Crippen molar-refractivity contribution in [2.75, 3.05) is 12.0 Å². The van der Waals surface area contributed by atoms with E-state index < -0.39 is 23.0 Å². The molecule has 0 spiro atoms. The fraction of sp³-hybridized carbons (Fsp3) is 0.312. The van der Waals surface area contributed by atoms with E-state index in [9.17, 15) is 13.2 Å². The van der Waals surface area contributed by atoms with Gasteiger partial charge in [0.25, 0.3) is 0 Å². The van der Waals surface area contributed by atoms with Crippen LogP contribution in [0.1, 0.15) is 25.0 Å². The Balaban J connectivity index is 2.27. The number of hydrazine groups is 1. The number of halogens is 4. The summed E-state index contributed by atoms with van der Waals surface area (Å²) in [6.07, 6.45) is -3.44. The molecular weight excluding hydrogens is 343 g/mol. The molecule has 0 saturated heterocycles. The summed E-state index contributed by atoms with van der Waals surface area (Å²) >= 11 is 5.86. The first-order chi connectivity index (χ1) is 11.1. The quantitative estimate of drug-likeness (QED) is 0.613. The number of pyridine rings is 1. The number of aromatic nitrogens is 1. The van der Waals surface area contributed by atoms with Crippen molar-refractivity contribution in [3.8, 4) is 5.75 Å². The highest BCUT2D eigenvalue weighted by Crippen LogP contribution is 2.40. The fourth-order valence-electron chi connectivity index (χ4n) is 2.19. The third-order valence-electron chi connectivity index (χ3n) is 3.55. The molecule has 4 nitrogen and oxygen atoms in total. The van der Waals surface area contributed by atoms with Crippen LogP contribution in [0.25, 0.3) is 0 Å². The lowest BCUT2D eigenvalue weighted by molar-refractivity contribution is -0.138. The topological polar surface area (TPSA) is 60.2 Å². The normalized spacial score (nSPS) is 12.1. The zero-order valence-electron chi connectivity index (χ0n) is 13.1. The highest BCUT2D eigenvalue weighted by Gasteiger charge is 2.38. The van der Waals surface area contributed by atoms with Gasteiger partial charge in [-0.3, -0.25) is 0 Å². The maximum absolute atomic E-state index is 13.3. The van der Waals surface area contributed by atoms with E-state index in [0.29, 0.717) is 5.02 Å². The minimum absolute atomic E-state index is 0.0335. The Kier molecular flexibility index (Phi) is 5.25. The first-order valence-corrected chi connectivity index (χ1v) is 7.44. The number of alkyl halides is 3. The third-order valence-corrected chi connectivity index (χ3v) is 3.80. The molecule has 0 aliphatic heterocycles. The lowest BCUT2D eigenvalue weighted by Crippen LogP contribution is -2.27. The molecule has 130 valence electrons. The van der Waals surface area contributed by atoms with Gasteiger partial charge in [0.05, 0.1) is 6.61 Å². The van der Waals surface area contributed by atoms with Crippen LogP contribution < -0.4 is 16.0 Å². The number of nitrogens with zero attached hydrogens (tertiary/aromatic N) is 1. The van der Waals surface area contributed by atoms with Crippen molar-refractivity contribution >= 4 is 17.4 Å². The van der Waals surface area contributed by atoms with Crippen LogP contribution in [-0.4, -0.2) is 11.6 Å². The van der Waals surface area contributed by atoms with Gasteiger partial charge < -0.3 is 10.2 Å². The van der Waals surface area contributed by atoms with E-state index in [1.165, 1.54) is 12.3 Å².